The summed E-state index contributed by atoms with van der Waals surface area (Å²) in [6.45, 7) is 6.95. The maximum atomic E-state index is 5.77. The lowest BCUT2D eigenvalue weighted by Gasteiger charge is -2.29. The molecule has 19 heavy (non-hydrogen) atoms. The van der Waals surface area contributed by atoms with Crippen LogP contribution < -0.4 is 15.4 Å². The van der Waals surface area contributed by atoms with Crippen LogP contribution in [-0.4, -0.2) is 39.5 Å². The molecule has 0 bridgehead atoms. The largest absolute Gasteiger partial charge is 0.494 e. The van der Waals surface area contributed by atoms with Gasteiger partial charge in [-0.15, -0.1) is 0 Å². The molecule has 1 aliphatic heterocycles. The van der Waals surface area contributed by atoms with Gasteiger partial charge in [-0.25, -0.2) is 0 Å². The molecular weight excluding hydrogens is 240 g/mol. The third kappa shape index (κ3) is 3.85. The normalized spacial score (nSPS) is 15.6. The summed E-state index contributed by atoms with van der Waals surface area (Å²) in [7, 11) is 0. The summed E-state index contributed by atoms with van der Waals surface area (Å²) in [4.78, 5) is 2.35. The van der Waals surface area contributed by atoms with Crippen LogP contribution in [0.3, 0.4) is 0 Å². The van der Waals surface area contributed by atoms with Crippen molar-refractivity contribution in [3.63, 3.8) is 0 Å². The van der Waals surface area contributed by atoms with Crippen molar-refractivity contribution >= 4 is 5.69 Å². The summed E-state index contributed by atoms with van der Waals surface area (Å²) in [6, 6.07) is 6.51. The molecule has 2 rings (SSSR count). The van der Waals surface area contributed by atoms with Gasteiger partial charge in [0.05, 0.1) is 19.8 Å². The van der Waals surface area contributed by atoms with E-state index >= 15 is 0 Å². The summed E-state index contributed by atoms with van der Waals surface area (Å²) < 4.78 is 11.2. The van der Waals surface area contributed by atoms with Crippen LogP contribution in [-0.2, 0) is 11.2 Å². The number of aryl methyl sites for hydroxylation is 1. The lowest BCUT2D eigenvalue weighted by molar-refractivity contribution is 0.122. The van der Waals surface area contributed by atoms with E-state index in [1.54, 1.807) is 0 Å². The van der Waals surface area contributed by atoms with Gasteiger partial charge in [0, 0.05) is 24.8 Å². The first-order chi connectivity index (χ1) is 9.35. The van der Waals surface area contributed by atoms with Gasteiger partial charge in [-0.1, -0.05) is 6.07 Å². The Kier molecular flexibility index (Phi) is 5.48. The predicted octanol–water partition coefficient (Wildman–Crippen LogP) is 1.81. The van der Waals surface area contributed by atoms with Crippen molar-refractivity contribution in [2.75, 3.05) is 44.4 Å². The van der Waals surface area contributed by atoms with Gasteiger partial charge in [0.15, 0.2) is 0 Å². The number of hydrogen-bond acceptors (Lipinski definition) is 4. The molecule has 2 N–H and O–H groups in total. The van der Waals surface area contributed by atoms with Crippen molar-refractivity contribution in [1.82, 2.24) is 0 Å². The molecule has 0 aromatic heterocycles. The SMILES string of the molecule is CCOc1cc(N2CCOCC2)ccc1CCCN. The van der Waals surface area contributed by atoms with E-state index in [-0.39, 0.29) is 0 Å². The van der Waals surface area contributed by atoms with Crippen LogP contribution in [0.4, 0.5) is 5.69 Å². The Morgan fingerprint density at radius 1 is 1.32 bits per heavy atom. The van der Waals surface area contributed by atoms with Crippen LogP contribution >= 0.6 is 0 Å². The Balaban J connectivity index is 2.14. The van der Waals surface area contributed by atoms with Gasteiger partial charge in [0.2, 0.25) is 0 Å². The zero-order chi connectivity index (χ0) is 13.5. The van der Waals surface area contributed by atoms with E-state index in [1.165, 1.54) is 11.3 Å². The van der Waals surface area contributed by atoms with Crippen LogP contribution in [0.2, 0.25) is 0 Å². The highest BCUT2D eigenvalue weighted by molar-refractivity contribution is 5.54. The number of rotatable bonds is 6. The van der Waals surface area contributed by atoms with Gasteiger partial charge in [-0.3, -0.25) is 0 Å². The number of benzene rings is 1. The fraction of sp³-hybridized carbons (Fsp3) is 0.600. The Morgan fingerprint density at radius 3 is 2.79 bits per heavy atom. The second kappa shape index (κ2) is 7.36. The molecule has 4 heteroatoms. The molecule has 106 valence electrons. The number of nitrogens with zero attached hydrogens (tertiary/aromatic N) is 1. The Bertz CT molecular complexity index is 390. The highest BCUT2D eigenvalue weighted by Gasteiger charge is 2.13. The summed E-state index contributed by atoms with van der Waals surface area (Å²) >= 11 is 0. The van der Waals surface area contributed by atoms with Crippen molar-refractivity contribution in [2.24, 2.45) is 5.73 Å². The van der Waals surface area contributed by atoms with E-state index in [2.05, 4.69) is 23.1 Å². The molecule has 1 fully saturated rings. The van der Waals surface area contributed by atoms with E-state index in [0.29, 0.717) is 6.61 Å². The van der Waals surface area contributed by atoms with E-state index in [4.69, 9.17) is 15.2 Å². The predicted molar refractivity (Wildman–Crippen MR) is 78.0 cm³/mol. The number of morpholine rings is 1. The quantitative estimate of drug-likeness (QED) is 0.851. The van der Waals surface area contributed by atoms with Gasteiger partial charge in [-0.2, -0.15) is 0 Å². The Morgan fingerprint density at radius 2 is 2.11 bits per heavy atom. The lowest BCUT2D eigenvalue weighted by atomic mass is 10.1. The van der Waals surface area contributed by atoms with E-state index in [0.717, 1.165) is 51.4 Å². The number of ether oxygens (including phenoxy) is 2. The number of nitrogens with two attached hydrogens (primary N) is 1. The molecule has 0 atom stereocenters. The standard InChI is InChI=1S/C15H24N2O2/c1-2-19-15-12-14(17-8-10-18-11-9-17)6-5-13(15)4-3-7-16/h5-6,12H,2-4,7-11,16H2,1H3. The molecule has 4 nitrogen and oxygen atoms in total. The molecule has 1 heterocycles. The third-order valence-electron chi connectivity index (χ3n) is 3.38. The first kappa shape index (κ1) is 14.2. The second-order valence-corrected chi connectivity index (χ2v) is 4.72. The van der Waals surface area contributed by atoms with Crippen molar-refractivity contribution in [3.05, 3.63) is 23.8 Å². The zero-order valence-corrected chi connectivity index (χ0v) is 11.7. The number of hydrogen-bond donors (Lipinski definition) is 1. The van der Waals surface area contributed by atoms with Gasteiger partial charge < -0.3 is 20.1 Å². The average molecular weight is 264 g/mol. The lowest BCUT2D eigenvalue weighted by Crippen LogP contribution is -2.36. The van der Waals surface area contributed by atoms with Crippen LogP contribution in [0, 0.1) is 0 Å². The second-order valence-electron chi connectivity index (χ2n) is 4.72. The van der Waals surface area contributed by atoms with Crippen molar-refractivity contribution in [2.45, 2.75) is 19.8 Å². The van der Waals surface area contributed by atoms with Crippen LogP contribution in [0.5, 0.6) is 5.75 Å². The van der Waals surface area contributed by atoms with Gasteiger partial charge in [0.1, 0.15) is 5.75 Å². The molecule has 1 aromatic carbocycles. The van der Waals surface area contributed by atoms with E-state index < -0.39 is 0 Å². The molecule has 1 saturated heterocycles. The zero-order valence-electron chi connectivity index (χ0n) is 11.7. The highest BCUT2D eigenvalue weighted by Crippen LogP contribution is 2.27. The molecule has 1 aliphatic rings. The summed E-state index contributed by atoms with van der Waals surface area (Å²) in [5, 5.41) is 0. The molecular formula is C15H24N2O2. The summed E-state index contributed by atoms with van der Waals surface area (Å²) in [5.41, 5.74) is 8.06. The van der Waals surface area contributed by atoms with Crippen LogP contribution in [0.1, 0.15) is 18.9 Å². The molecule has 0 spiro atoms. The average Bonchev–Trinajstić information content (AvgIpc) is 2.47. The fourth-order valence-corrected chi connectivity index (χ4v) is 2.35. The summed E-state index contributed by atoms with van der Waals surface area (Å²) in [5.74, 6) is 1.000. The fourth-order valence-electron chi connectivity index (χ4n) is 2.35. The molecule has 0 unspecified atom stereocenters. The first-order valence-corrected chi connectivity index (χ1v) is 7.13. The van der Waals surface area contributed by atoms with Gasteiger partial charge in [0.25, 0.3) is 0 Å². The van der Waals surface area contributed by atoms with Crippen molar-refractivity contribution in [1.29, 1.82) is 0 Å². The van der Waals surface area contributed by atoms with Crippen molar-refractivity contribution in [3.8, 4) is 5.75 Å². The maximum Gasteiger partial charge on any atom is 0.124 e. The third-order valence-corrected chi connectivity index (χ3v) is 3.38. The van der Waals surface area contributed by atoms with E-state index in [1.807, 2.05) is 6.92 Å². The minimum Gasteiger partial charge on any atom is -0.494 e. The number of anilines is 1. The highest BCUT2D eigenvalue weighted by atomic mass is 16.5. The topological polar surface area (TPSA) is 47.7 Å². The van der Waals surface area contributed by atoms with Crippen LogP contribution in [0.25, 0.3) is 0 Å². The monoisotopic (exact) mass is 264 g/mol. The molecule has 0 amide bonds. The van der Waals surface area contributed by atoms with Gasteiger partial charge in [-0.05, 0) is 37.9 Å². The Labute approximate surface area is 115 Å². The minimum atomic E-state index is 0.697. The maximum absolute atomic E-state index is 5.77. The molecule has 0 saturated carbocycles. The molecule has 0 radical (unpaired) electrons. The first-order valence-electron chi connectivity index (χ1n) is 7.13. The minimum absolute atomic E-state index is 0.697. The Hall–Kier alpha value is -1.26. The van der Waals surface area contributed by atoms with Gasteiger partial charge >= 0.3 is 0 Å². The molecule has 1 aromatic rings. The summed E-state index contributed by atoms with van der Waals surface area (Å²) in [6.07, 6.45) is 1.98. The van der Waals surface area contributed by atoms with Crippen molar-refractivity contribution < 1.29 is 9.47 Å². The smallest absolute Gasteiger partial charge is 0.124 e. The van der Waals surface area contributed by atoms with E-state index in [9.17, 15) is 0 Å². The molecule has 0 aliphatic carbocycles. The van der Waals surface area contributed by atoms with Crippen LogP contribution in [0.15, 0.2) is 18.2 Å².